The average molecular weight is 447 g/mol. The Hall–Kier alpha value is -3.24. The molecule has 0 bridgehead atoms. The number of carbonyl (C=O) groups excluding carboxylic acids is 1. The van der Waals surface area contributed by atoms with Gasteiger partial charge in [-0.15, -0.1) is 0 Å². The Bertz CT molecular complexity index is 1030. The Balaban J connectivity index is 1.46. The summed E-state index contributed by atoms with van der Waals surface area (Å²) in [5.41, 5.74) is 2.07. The molecule has 1 atom stereocenters. The number of nitrogens with one attached hydrogen (secondary N) is 2. The van der Waals surface area contributed by atoms with Crippen molar-refractivity contribution >= 4 is 23.4 Å². The predicted molar refractivity (Wildman–Crippen MR) is 116 cm³/mol. The van der Waals surface area contributed by atoms with Crippen LogP contribution in [0.15, 0.2) is 24.7 Å². The van der Waals surface area contributed by atoms with E-state index in [2.05, 4.69) is 32.3 Å². The zero-order valence-corrected chi connectivity index (χ0v) is 18.4. The van der Waals surface area contributed by atoms with E-state index in [-0.39, 0.29) is 24.8 Å². The van der Waals surface area contributed by atoms with Crippen molar-refractivity contribution in [2.24, 2.45) is 0 Å². The molecule has 2 aromatic rings. The Morgan fingerprint density at radius 3 is 2.78 bits per heavy atom. The highest BCUT2D eigenvalue weighted by Gasteiger charge is 2.37. The second-order valence-electron chi connectivity index (χ2n) is 8.27. The third-order valence-corrected chi connectivity index (χ3v) is 6.02. The van der Waals surface area contributed by atoms with Crippen molar-refractivity contribution in [1.29, 1.82) is 0 Å². The van der Waals surface area contributed by atoms with Gasteiger partial charge in [0.25, 0.3) is 5.91 Å². The molecule has 2 aromatic heterocycles. The van der Waals surface area contributed by atoms with Crippen LogP contribution in [0.25, 0.3) is 0 Å². The van der Waals surface area contributed by atoms with Crippen molar-refractivity contribution < 1.29 is 18.3 Å². The second-order valence-corrected chi connectivity index (χ2v) is 8.27. The van der Waals surface area contributed by atoms with Gasteiger partial charge in [0.05, 0.1) is 25.0 Å². The largest absolute Gasteiger partial charge is 0.499 e. The van der Waals surface area contributed by atoms with Crippen molar-refractivity contribution in [2.45, 2.75) is 57.2 Å². The fraction of sp³-hybridized carbons (Fsp3) is 0.524. The number of methoxy groups -OCH3 is 1. The summed E-state index contributed by atoms with van der Waals surface area (Å²) in [6.07, 6.45) is 4.22. The standard InChI is InChI=1S/C21H27F2N7O2/c1-12-16-18(29(3)17(13(2)32-4)19(31)27-16)28-20(26-12)24-9-14-10-25-30(11-14)15-5-7-21(22,23)8-6-15/h10-11,15,17H,2,5-9H2,1,3-4H3,(H,27,31)(H,24,26,28)/t17-/m0/s1. The molecule has 9 nitrogen and oxygen atoms in total. The lowest BCUT2D eigenvalue weighted by Crippen LogP contribution is -2.48. The van der Waals surface area contributed by atoms with Crippen LogP contribution in [0, 0.1) is 6.92 Å². The average Bonchev–Trinajstić information content (AvgIpc) is 3.22. The van der Waals surface area contributed by atoms with Gasteiger partial charge in [-0.05, 0) is 19.8 Å². The van der Waals surface area contributed by atoms with Gasteiger partial charge in [0.1, 0.15) is 11.4 Å². The number of aryl methyl sites for hydroxylation is 1. The summed E-state index contributed by atoms with van der Waals surface area (Å²) in [5, 5.41) is 10.4. The molecule has 2 N–H and O–H groups in total. The highest BCUT2D eigenvalue weighted by molar-refractivity contribution is 6.04. The van der Waals surface area contributed by atoms with Crippen LogP contribution in [0.3, 0.4) is 0 Å². The van der Waals surface area contributed by atoms with Crippen molar-refractivity contribution in [3.63, 3.8) is 0 Å². The Kier molecular flexibility index (Phi) is 5.74. The molecule has 0 saturated heterocycles. The van der Waals surface area contributed by atoms with E-state index in [9.17, 15) is 13.6 Å². The van der Waals surface area contributed by atoms with Gasteiger partial charge in [0.2, 0.25) is 11.9 Å². The van der Waals surface area contributed by atoms with Gasteiger partial charge >= 0.3 is 0 Å². The lowest BCUT2D eigenvalue weighted by atomic mass is 9.92. The van der Waals surface area contributed by atoms with Crippen LogP contribution in [0.4, 0.5) is 26.2 Å². The summed E-state index contributed by atoms with van der Waals surface area (Å²) in [7, 11) is 3.22. The quantitative estimate of drug-likeness (QED) is 0.656. The van der Waals surface area contributed by atoms with E-state index in [0.717, 1.165) is 5.56 Å². The first-order valence-corrected chi connectivity index (χ1v) is 10.5. The predicted octanol–water partition coefficient (Wildman–Crippen LogP) is 3.26. The van der Waals surface area contributed by atoms with E-state index >= 15 is 0 Å². The molecule has 0 radical (unpaired) electrons. The fourth-order valence-corrected chi connectivity index (χ4v) is 4.14. The molecule has 0 aromatic carbocycles. The van der Waals surface area contributed by atoms with Crippen molar-refractivity contribution in [3.05, 3.63) is 36.0 Å². The maximum Gasteiger partial charge on any atom is 0.255 e. The first-order valence-electron chi connectivity index (χ1n) is 10.5. The maximum absolute atomic E-state index is 13.4. The smallest absolute Gasteiger partial charge is 0.255 e. The minimum atomic E-state index is -2.56. The molecule has 4 rings (SSSR count). The number of likely N-dealkylation sites (N-methyl/N-ethyl adjacent to an activating group) is 1. The summed E-state index contributed by atoms with van der Waals surface area (Å²) in [4.78, 5) is 23.2. The molecule has 1 aliphatic carbocycles. The van der Waals surface area contributed by atoms with Crippen molar-refractivity contribution in [2.75, 3.05) is 29.7 Å². The molecule has 172 valence electrons. The summed E-state index contributed by atoms with van der Waals surface area (Å²) < 4.78 is 33.8. The number of anilines is 3. The molecule has 1 amide bonds. The molecular weight excluding hydrogens is 420 g/mol. The number of hydrogen-bond donors (Lipinski definition) is 2. The van der Waals surface area contributed by atoms with E-state index in [1.54, 1.807) is 29.7 Å². The number of ether oxygens (including phenoxy) is 1. The van der Waals surface area contributed by atoms with Gasteiger partial charge in [0, 0.05) is 38.2 Å². The highest BCUT2D eigenvalue weighted by Crippen LogP contribution is 2.38. The first-order chi connectivity index (χ1) is 15.2. The number of halogens is 2. The number of alkyl halides is 2. The van der Waals surface area contributed by atoms with E-state index in [0.29, 0.717) is 48.3 Å². The monoisotopic (exact) mass is 447 g/mol. The van der Waals surface area contributed by atoms with Crippen LogP contribution in [0.2, 0.25) is 0 Å². The van der Waals surface area contributed by atoms with Gasteiger partial charge in [-0.3, -0.25) is 9.48 Å². The van der Waals surface area contributed by atoms with Gasteiger partial charge in [-0.2, -0.15) is 10.1 Å². The fourth-order valence-electron chi connectivity index (χ4n) is 4.14. The minimum Gasteiger partial charge on any atom is -0.499 e. The van der Waals surface area contributed by atoms with Crippen LogP contribution in [-0.2, 0) is 16.1 Å². The normalized spacial score (nSPS) is 20.5. The third kappa shape index (κ3) is 4.23. The highest BCUT2D eigenvalue weighted by atomic mass is 19.3. The van der Waals surface area contributed by atoms with Crippen LogP contribution >= 0.6 is 0 Å². The summed E-state index contributed by atoms with van der Waals surface area (Å²) in [6, 6.07) is -0.704. The molecule has 0 spiro atoms. The molecule has 11 heteroatoms. The number of nitrogens with zero attached hydrogens (tertiary/aromatic N) is 5. The second kappa shape index (κ2) is 8.36. The number of hydrogen-bond acceptors (Lipinski definition) is 7. The lowest BCUT2D eigenvalue weighted by Gasteiger charge is -2.34. The lowest BCUT2D eigenvalue weighted by molar-refractivity contribution is -0.117. The van der Waals surface area contributed by atoms with Gasteiger partial charge < -0.3 is 20.3 Å². The molecule has 1 aliphatic heterocycles. The van der Waals surface area contributed by atoms with Crippen molar-refractivity contribution in [3.8, 4) is 0 Å². The van der Waals surface area contributed by atoms with Gasteiger partial charge in [-0.1, -0.05) is 6.58 Å². The van der Waals surface area contributed by atoms with Crippen LogP contribution in [0.1, 0.15) is 43.0 Å². The summed E-state index contributed by atoms with van der Waals surface area (Å²) in [5.74, 6) is -1.55. The minimum absolute atomic E-state index is 0.00584. The topological polar surface area (TPSA) is 97.2 Å². The Labute approximate surface area is 184 Å². The zero-order chi connectivity index (χ0) is 23.0. The molecule has 2 aliphatic rings. The maximum atomic E-state index is 13.4. The Morgan fingerprint density at radius 2 is 2.09 bits per heavy atom. The van der Waals surface area contributed by atoms with E-state index in [1.165, 1.54) is 7.11 Å². The van der Waals surface area contributed by atoms with Crippen LogP contribution < -0.4 is 15.5 Å². The molecule has 0 unspecified atom stereocenters. The zero-order valence-electron chi connectivity index (χ0n) is 18.4. The number of rotatable bonds is 6. The molecule has 1 saturated carbocycles. The Morgan fingerprint density at radius 1 is 1.38 bits per heavy atom. The summed E-state index contributed by atoms with van der Waals surface area (Å²) in [6.45, 7) is 6.02. The molecule has 32 heavy (non-hydrogen) atoms. The summed E-state index contributed by atoms with van der Waals surface area (Å²) >= 11 is 0. The number of aromatic nitrogens is 4. The van der Waals surface area contributed by atoms with Crippen molar-refractivity contribution in [1.82, 2.24) is 19.7 Å². The van der Waals surface area contributed by atoms with E-state index in [1.807, 2.05) is 6.20 Å². The number of carbonyl (C=O) groups is 1. The third-order valence-electron chi connectivity index (χ3n) is 6.02. The molecule has 3 heterocycles. The SMILES string of the molecule is C=C(OC)[C@H]1C(=O)Nc2c(C)nc(NCc3cnn(C4CCC(F)(F)CC4)c3)nc2N1C. The van der Waals surface area contributed by atoms with Crippen LogP contribution in [-0.4, -0.2) is 51.8 Å². The molecular formula is C21H27F2N7O2. The number of amides is 1. The van der Waals surface area contributed by atoms with Gasteiger partial charge in [0.15, 0.2) is 11.9 Å². The van der Waals surface area contributed by atoms with E-state index < -0.39 is 12.0 Å². The van der Waals surface area contributed by atoms with Crippen LogP contribution in [0.5, 0.6) is 0 Å². The first kappa shape index (κ1) is 22.0. The van der Waals surface area contributed by atoms with Gasteiger partial charge in [-0.25, -0.2) is 13.8 Å². The molecule has 1 fully saturated rings. The number of fused-ring (bicyclic) bond motifs is 1. The van der Waals surface area contributed by atoms with E-state index in [4.69, 9.17) is 4.74 Å².